The molecule has 0 aliphatic carbocycles. The molecule has 0 spiro atoms. The highest BCUT2D eigenvalue weighted by atomic mass is 35.6. The predicted octanol–water partition coefficient (Wildman–Crippen LogP) is 5.09. The first kappa shape index (κ1) is 23.1. The minimum absolute atomic E-state index is 0.206. The van der Waals surface area contributed by atoms with E-state index in [9.17, 15) is 9.59 Å². The summed E-state index contributed by atoms with van der Waals surface area (Å²) >= 11 is 17.8. The summed E-state index contributed by atoms with van der Waals surface area (Å²) in [6.45, 7) is 3.47. The maximum Gasteiger partial charge on any atom is 0.280 e. The number of hydrogen-bond donors (Lipinski definition) is 1. The summed E-state index contributed by atoms with van der Waals surface area (Å²) in [7, 11) is 0. The highest BCUT2D eigenvalue weighted by Crippen LogP contribution is 2.32. The predicted molar refractivity (Wildman–Crippen MR) is 125 cm³/mol. The molecule has 0 aromatic heterocycles. The SMILES string of the molecule is CCC(=O)NC(Oc1ccc(C=C2C(=O)N(c3ccccc3)N=C2C)cc1)C(Cl)(Cl)Cl. The average molecular weight is 481 g/mol. The topological polar surface area (TPSA) is 71.0 Å². The van der Waals surface area contributed by atoms with Crippen LogP contribution in [0.25, 0.3) is 6.08 Å². The zero-order valence-corrected chi connectivity index (χ0v) is 19.1. The number of carbonyl (C=O) groups is 2. The third-order valence-corrected chi connectivity index (χ3v) is 5.01. The fourth-order valence-corrected chi connectivity index (χ4v) is 3.10. The molecule has 1 aliphatic heterocycles. The fraction of sp³-hybridized carbons (Fsp3) is 0.227. The zero-order chi connectivity index (χ0) is 22.6. The molecule has 31 heavy (non-hydrogen) atoms. The molecule has 6 nitrogen and oxygen atoms in total. The molecule has 0 radical (unpaired) electrons. The normalized spacial score (nSPS) is 16.3. The number of ether oxygens (including phenoxy) is 1. The second kappa shape index (κ2) is 9.73. The lowest BCUT2D eigenvalue weighted by atomic mass is 10.1. The average Bonchev–Trinajstić information content (AvgIpc) is 3.02. The molecule has 2 aromatic carbocycles. The Bertz CT molecular complexity index is 1020. The van der Waals surface area contributed by atoms with Crippen molar-refractivity contribution >= 4 is 64.1 Å². The van der Waals surface area contributed by atoms with Crippen molar-refractivity contribution in [2.75, 3.05) is 5.01 Å². The van der Waals surface area contributed by atoms with Gasteiger partial charge in [0.15, 0.2) is 0 Å². The van der Waals surface area contributed by atoms with Crippen molar-refractivity contribution in [3.05, 3.63) is 65.7 Å². The van der Waals surface area contributed by atoms with Crippen LogP contribution in [-0.4, -0.2) is 27.5 Å². The number of nitrogens with one attached hydrogen (secondary N) is 1. The van der Waals surface area contributed by atoms with Crippen LogP contribution in [0.1, 0.15) is 25.8 Å². The van der Waals surface area contributed by atoms with Crippen LogP contribution < -0.4 is 15.1 Å². The highest BCUT2D eigenvalue weighted by molar-refractivity contribution is 6.68. The van der Waals surface area contributed by atoms with Gasteiger partial charge in [0, 0.05) is 6.42 Å². The van der Waals surface area contributed by atoms with E-state index in [0.29, 0.717) is 22.7 Å². The van der Waals surface area contributed by atoms with Gasteiger partial charge in [-0.15, -0.1) is 0 Å². The first-order valence-corrected chi connectivity index (χ1v) is 10.6. The third-order valence-electron chi connectivity index (χ3n) is 4.42. The number of hydrazone groups is 1. The summed E-state index contributed by atoms with van der Waals surface area (Å²) in [5.74, 6) is -0.123. The van der Waals surface area contributed by atoms with Crippen LogP contribution in [0.2, 0.25) is 0 Å². The first-order chi connectivity index (χ1) is 14.7. The number of hydrogen-bond acceptors (Lipinski definition) is 4. The maximum atomic E-state index is 12.8. The summed E-state index contributed by atoms with van der Waals surface area (Å²) in [5, 5.41) is 8.26. The Labute approximate surface area is 195 Å². The number of anilines is 1. The van der Waals surface area contributed by atoms with E-state index in [2.05, 4.69) is 10.4 Å². The van der Waals surface area contributed by atoms with Crippen molar-refractivity contribution in [1.82, 2.24) is 5.32 Å². The van der Waals surface area contributed by atoms with Gasteiger partial charge in [-0.05, 0) is 42.8 Å². The Morgan fingerprint density at radius 3 is 2.39 bits per heavy atom. The standard InChI is InChI=1S/C22H20Cl3N3O3/c1-3-19(29)26-21(22(23,24)25)31-17-11-9-15(10-12-17)13-18-14(2)27-28(20(18)30)16-7-5-4-6-8-16/h4-13,21H,3H2,1-2H3,(H,26,29). The molecule has 1 aliphatic rings. The Kier molecular flexibility index (Phi) is 7.26. The lowest BCUT2D eigenvalue weighted by molar-refractivity contribution is -0.123. The molecular formula is C22H20Cl3N3O3. The van der Waals surface area contributed by atoms with Gasteiger partial charge in [0.2, 0.25) is 15.9 Å². The van der Waals surface area contributed by atoms with Gasteiger partial charge in [-0.25, -0.2) is 0 Å². The van der Waals surface area contributed by atoms with E-state index in [4.69, 9.17) is 39.5 Å². The van der Waals surface area contributed by atoms with E-state index >= 15 is 0 Å². The molecule has 1 heterocycles. The summed E-state index contributed by atoms with van der Waals surface area (Å²) in [4.78, 5) is 24.5. The van der Waals surface area contributed by atoms with Gasteiger partial charge in [-0.2, -0.15) is 10.1 Å². The maximum absolute atomic E-state index is 12.8. The minimum atomic E-state index is -1.85. The highest BCUT2D eigenvalue weighted by Gasteiger charge is 2.36. The Morgan fingerprint density at radius 2 is 1.81 bits per heavy atom. The second-order valence-electron chi connectivity index (χ2n) is 6.73. The van der Waals surface area contributed by atoms with Gasteiger partial charge in [0.05, 0.1) is 17.0 Å². The summed E-state index contributed by atoms with van der Waals surface area (Å²) in [6, 6.07) is 16.1. The molecule has 9 heteroatoms. The molecular weight excluding hydrogens is 461 g/mol. The number of carbonyl (C=O) groups excluding carboxylic acids is 2. The molecule has 2 amide bonds. The van der Waals surface area contributed by atoms with Gasteiger partial charge >= 0.3 is 0 Å². The fourth-order valence-electron chi connectivity index (χ4n) is 2.80. The molecule has 1 N–H and O–H groups in total. The van der Waals surface area contributed by atoms with Crippen LogP contribution in [0.4, 0.5) is 5.69 Å². The lowest BCUT2D eigenvalue weighted by Gasteiger charge is -2.26. The largest absolute Gasteiger partial charge is 0.466 e. The van der Waals surface area contributed by atoms with Crippen molar-refractivity contribution in [3.63, 3.8) is 0 Å². The molecule has 1 atom stereocenters. The number of para-hydroxylation sites is 1. The molecule has 2 aromatic rings. The number of amides is 2. The Hall–Kier alpha value is -2.54. The first-order valence-electron chi connectivity index (χ1n) is 9.48. The van der Waals surface area contributed by atoms with E-state index in [1.54, 1.807) is 44.2 Å². The van der Waals surface area contributed by atoms with Gasteiger partial charge in [0.25, 0.3) is 5.91 Å². The number of nitrogens with zero attached hydrogens (tertiary/aromatic N) is 2. The second-order valence-corrected chi connectivity index (χ2v) is 9.09. The van der Waals surface area contributed by atoms with Crippen LogP contribution in [-0.2, 0) is 9.59 Å². The van der Waals surface area contributed by atoms with Gasteiger partial charge in [0.1, 0.15) is 5.75 Å². The van der Waals surface area contributed by atoms with Gasteiger partial charge in [-0.3, -0.25) is 9.59 Å². The minimum Gasteiger partial charge on any atom is -0.466 e. The zero-order valence-electron chi connectivity index (χ0n) is 16.8. The lowest BCUT2D eigenvalue weighted by Crippen LogP contribution is -2.47. The number of benzene rings is 2. The van der Waals surface area contributed by atoms with E-state index in [0.717, 1.165) is 5.56 Å². The van der Waals surface area contributed by atoms with Gasteiger partial charge < -0.3 is 10.1 Å². The third kappa shape index (κ3) is 5.79. The van der Waals surface area contributed by atoms with Crippen LogP contribution in [0, 0.1) is 0 Å². The Morgan fingerprint density at radius 1 is 1.16 bits per heavy atom. The van der Waals surface area contributed by atoms with Gasteiger partial charge in [-0.1, -0.05) is 72.1 Å². The molecule has 0 saturated carbocycles. The quantitative estimate of drug-likeness (QED) is 0.355. The van der Waals surface area contributed by atoms with Crippen LogP contribution >= 0.6 is 34.8 Å². The summed E-state index contributed by atoms with van der Waals surface area (Å²) < 4.78 is 3.80. The molecule has 0 bridgehead atoms. The Balaban J connectivity index is 1.75. The van der Waals surface area contributed by atoms with Crippen LogP contribution in [0.15, 0.2) is 65.3 Å². The summed E-state index contributed by atoms with van der Waals surface area (Å²) in [6.07, 6.45) is 0.820. The number of halogens is 3. The molecule has 1 unspecified atom stereocenters. The van der Waals surface area contributed by atoms with Crippen molar-refractivity contribution in [1.29, 1.82) is 0 Å². The monoisotopic (exact) mass is 479 g/mol. The van der Waals surface area contributed by atoms with E-state index < -0.39 is 10.0 Å². The number of rotatable bonds is 6. The molecule has 0 fully saturated rings. The smallest absolute Gasteiger partial charge is 0.280 e. The molecule has 0 saturated heterocycles. The van der Waals surface area contributed by atoms with Crippen molar-refractivity contribution in [2.24, 2.45) is 5.10 Å². The molecule has 3 rings (SSSR count). The van der Waals surface area contributed by atoms with E-state index in [-0.39, 0.29) is 18.2 Å². The van der Waals surface area contributed by atoms with E-state index in [1.807, 2.05) is 30.3 Å². The number of alkyl halides is 3. The van der Waals surface area contributed by atoms with Crippen molar-refractivity contribution in [3.8, 4) is 5.75 Å². The summed E-state index contributed by atoms with van der Waals surface area (Å²) in [5.41, 5.74) is 2.58. The van der Waals surface area contributed by atoms with Crippen LogP contribution in [0.5, 0.6) is 5.75 Å². The molecule has 162 valence electrons. The van der Waals surface area contributed by atoms with Crippen molar-refractivity contribution in [2.45, 2.75) is 30.3 Å². The van der Waals surface area contributed by atoms with Crippen LogP contribution in [0.3, 0.4) is 0 Å². The van der Waals surface area contributed by atoms with E-state index in [1.165, 1.54) is 5.01 Å². The van der Waals surface area contributed by atoms with Crippen molar-refractivity contribution < 1.29 is 14.3 Å².